The van der Waals surface area contributed by atoms with Crippen molar-refractivity contribution in [1.29, 1.82) is 0 Å². The summed E-state index contributed by atoms with van der Waals surface area (Å²) in [4.78, 5) is 18.3. The summed E-state index contributed by atoms with van der Waals surface area (Å²) < 4.78 is 16.6. The van der Waals surface area contributed by atoms with Gasteiger partial charge in [0, 0.05) is 0 Å². The fraction of sp³-hybridized carbons (Fsp3) is 1.00. The maximum atomic E-state index is 11.2. The quantitative estimate of drug-likeness (QED) is 0.682. The maximum absolute atomic E-state index is 11.2. The first-order valence-corrected chi connectivity index (χ1v) is 6.13. The lowest BCUT2D eigenvalue weighted by molar-refractivity contribution is -0.0433. The fourth-order valence-corrected chi connectivity index (χ4v) is 2.51. The molecule has 0 saturated heterocycles. The summed E-state index contributed by atoms with van der Waals surface area (Å²) >= 11 is 0. The van der Waals surface area contributed by atoms with Crippen LogP contribution in [0.3, 0.4) is 0 Å². The van der Waals surface area contributed by atoms with E-state index in [1.165, 1.54) is 0 Å². The molecule has 0 heterocycles. The summed E-state index contributed by atoms with van der Waals surface area (Å²) in [6.45, 7) is 7.00. The number of hydrogen-bond donors (Lipinski definition) is 2. The SMILES string of the molecule is CCC(CC)(OC(C)C)P(=O)(O)O. The number of hydrogen-bond acceptors (Lipinski definition) is 2. The summed E-state index contributed by atoms with van der Waals surface area (Å²) in [5.74, 6) is 0. The summed E-state index contributed by atoms with van der Waals surface area (Å²) in [5, 5.41) is -1.29. The molecule has 0 aromatic carbocycles. The van der Waals surface area contributed by atoms with E-state index < -0.39 is 12.9 Å². The molecule has 0 rings (SSSR count). The average Bonchev–Trinajstić information content (AvgIpc) is 1.97. The molecule has 0 saturated carbocycles. The molecule has 2 N–H and O–H groups in total. The molecule has 0 spiro atoms. The van der Waals surface area contributed by atoms with E-state index >= 15 is 0 Å². The Bertz CT molecular complexity index is 192. The van der Waals surface area contributed by atoms with E-state index in [9.17, 15) is 4.57 Å². The van der Waals surface area contributed by atoms with Crippen molar-refractivity contribution >= 4 is 7.60 Å². The summed E-state index contributed by atoms with van der Waals surface area (Å²) in [7, 11) is -4.18. The lowest BCUT2D eigenvalue weighted by atomic mass is 10.2. The van der Waals surface area contributed by atoms with Crippen molar-refractivity contribution in [3.8, 4) is 0 Å². The van der Waals surface area contributed by atoms with Gasteiger partial charge in [-0.3, -0.25) is 4.57 Å². The first kappa shape index (κ1) is 13.1. The molecule has 0 fully saturated rings. The molecule has 5 heteroatoms. The average molecular weight is 210 g/mol. The van der Waals surface area contributed by atoms with E-state index in [1.54, 1.807) is 27.7 Å². The molecule has 80 valence electrons. The lowest BCUT2D eigenvalue weighted by Gasteiger charge is -2.34. The number of rotatable bonds is 5. The zero-order valence-corrected chi connectivity index (χ0v) is 9.54. The van der Waals surface area contributed by atoms with Crippen LogP contribution in [0.4, 0.5) is 0 Å². The van der Waals surface area contributed by atoms with Crippen molar-refractivity contribution in [2.24, 2.45) is 0 Å². The second kappa shape index (κ2) is 4.56. The Balaban J connectivity index is 4.82. The molecule has 4 nitrogen and oxygen atoms in total. The van der Waals surface area contributed by atoms with Gasteiger partial charge in [0.1, 0.15) is 0 Å². The van der Waals surface area contributed by atoms with E-state index in [4.69, 9.17) is 14.5 Å². The minimum absolute atomic E-state index is 0.174. The van der Waals surface area contributed by atoms with E-state index in [1.807, 2.05) is 0 Å². The second-order valence-corrected chi connectivity index (χ2v) is 5.27. The highest BCUT2D eigenvalue weighted by atomic mass is 31.2. The molecule has 0 aromatic heterocycles. The topological polar surface area (TPSA) is 66.8 Å². The normalized spacial score (nSPS) is 13.8. The van der Waals surface area contributed by atoms with Gasteiger partial charge in [-0.15, -0.1) is 0 Å². The highest BCUT2D eigenvalue weighted by molar-refractivity contribution is 7.53. The van der Waals surface area contributed by atoms with Crippen molar-refractivity contribution in [3.05, 3.63) is 0 Å². The zero-order valence-electron chi connectivity index (χ0n) is 8.65. The lowest BCUT2D eigenvalue weighted by Crippen LogP contribution is -2.33. The van der Waals surface area contributed by atoms with Crippen molar-refractivity contribution < 1.29 is 19.1 Å². The third kappa shape index (κ3) is 3.06. The fourth-order valence-electron chi connectivity index (χ4n) is 1.34. The van der Waals surface area contributed by atoms with Gasteiger partial charge in [0.25, 0.3) is 0 Å². The predicted octanol–water partition coefficient (Wildman–Crippen LogP) is 2.11. The molecule has 0 amide bonds. The van der Waals surface area contributed by atoms with E-state index in [0.717, 1.165) is 0 Å². The van der Waals surface area contributed by atoms with Gasteiger partial charge in [0.2, 0.25) is 0 Å². The van der Waals surface area contributed by atoms with Crippen LogP contribution in [0.25, 0.3) is 0 Å². The van der Waals surface area contributed by atoms with Gasteiger partial charge < -0.3 is 14.5 Å². The molecule has 0 radical (unpaired) electrons. The first-order valence-electron chi connectivity index (χ1n) is 4.52. The van der Waals surface area contributed by atoms with E-state index in [-0.39, 0.29) is 6.10 Å². The Kier molecular flexibility index (Phi) is 4.60. The summed E-state index contributed by atoms with van der Waals surface area (Å²) in [5.41, 5.74) is 0. The van der Waals surface area contributed by atoms with Gasteiger partial charge in [-0.05, 0) is 26.7 Å². The van der Waals surface area contributed by atoms with Gasteiger partial charge in [-0.2, -0.15) is 0 Å². The molecule has 13 heavy (non-hydrogen) atoms. The van der Waals surface area contributed by atoms with Crippen LogP contribution < -0.4 is 0 Å². The molecule has 0 aliphatic carbocycles. The summed E-state index contributed by atoms with van der Waals surface area (Å²) in [6, 6.07) is 0. The minimum Gasteiger partial charge on any atom is -0.360 e. The highest BCUT2D eigenvalue weighted by Crippen LogP contribution is 2.55. The molecule has 0 unspecified atom stereocenters. The van der Waals surface area contributed by atoms with Gasteiger partial charge in [-0.25, -0.2) is 0 Å². The third-order valence-electron chi connectivity index (χ3n) is 2.09. The molecule has 0 aromatic rings. The smallest absolute Gasteiger partial charge is 0.357 e. The predicted molar refractivity (Wildman–Crippen MR) is 51.6 cm³/mol. The molecule has 0 aliphatic rings. The van der Waals surface area contributed by atoms with Gasteiger partial charge >= 0.3 is 7.60 Å². The van der Waals surface area contributed by atoms with Crippen LogP contribution in [-0.2, 0) is 9.30 Å². The van der Waals surface area contributed by atoms with E-state index in [2.05, 4.69) is 0 Å². The second-order valence-electron chi connectivity index (χ2n) is 3.36. The Labute approximate surface area is 79.5 Å². The van der Waals surface area contributed by atoms with Crippen LogP contribution in [0.15, 0.2) is 0 Å². The van der Waals surface area contributed by atoms with Crippen LogP contribution in [0.1, 0.15) is 40.5 Å². The Morgan fingerprint density at radius 2 is 1.69 bits per heavy atom. The Morgan fingerprint density at radius 3 is 1.77 bits per heavy atom. The monoisotopic (exact) mass is 210 g/mol. The van der Waals surface area contributed by atoms with Crippen LogP contribution in [0.2, 0.25) is 0 Å². The Morgan fingerprint density at radius 1 is 1.31 bits per heavy atom. The standard InChI is InChI=1S/C8H19O4P/c1-5-8(6-2,12-7(3)4)13(9,10)11/h7H,5-6H2,1-4H3,(H2,9,10,11). The van der Waals surface area contributed by atoms with Gasteiger partial charge in [0.15, 0.2) is 5.34 Å². The van der Waals surface area contributed by atoms with Crippen molar-refractivity contribution in [2.75, 3.05) is 0 Å². The van der Waals surface area contributed by atoms with Crippen molar-refractivity contribution in [2.45, 2.75) is 52.0 Å². The van der Waals surface area contributed by atoms with Gasteiger partial charge in [-0.1, -0.05) is 13.8 Å². The minimum atomic E-state index is -4.18. The van der Waals surface area contributed by atoms with Crippen LogP contribution >= 0.6 is 7.60 Å². The van der Waals surface area contributed by atoms with Crippen LogP contribution in [0.5, 0.6) is 0 Å². The zero-order chi connectivity index (χ0) is 10.7. The van der Waals surface area contributed by atoms with Gasteiger partial charge in [0.05, 0.1) is 6.10 Å². The third-order valence-corrected chi connectivity index (χ3v) is 3.89. The first-order chi connectivity index (χ1) is 5.79. The van der Waals surface area contributed by atoms with E-state index in [0.29, 0.717) is 12.8 Å². The Hall–Kier alpha value is 0.110. The summed E-state index contributed by atoms with van der Waals surface area (Å²) in [6.07, 6.45) is 0.477. The van der Waals surface area contributed by atoms with Crippen molar-refractivity contribution in [3.63, 3.8) is 0 Å². The van der Waals surface area contributed by atoms with Crippen molar-refractivity contribution in [1.82, 2.24) is 0 Å². The maximum Gasteiger partial charge on any atom is 0.357 e. The molecule has 0 bridgehead atoms. The molecular weight excluding hydrogens is 191 g/mol. The largest absolute Gasteiger partial charge is 0.360 e. The number of ether oxygens (including phenoxy) is 1. The molecular formula is C8H19O4P. The van der Waals surface area contributed by atoms with Crippen LogP contribution in [-0.4, -0.2) is 21.2 Å². The molecule has 0 aliphatic heterocycles. The highest BCUT2D eigenvalue weighted by Gasteiger charge is 2.45. The molecule has 0 atom stereocenters. The van der Waals surface area contributed by atoms with Crippen LogP contribution in [0, 0.1) is 0 Å².